The molecule has 1 saturated heterocycles. The molecular weight excluding hydrogens is 148 g/mol. The van der Waals surface area contributed by atoms with Crippen LogP contribution in [0.2, 0.25) is 0 Å². The Morgan fingerprint density at radius 3 is 2.91 bits per heavy atom. The van der Waals surface area contributed by atoms with Crippen LogP contribution in [0.1, 0.15) is 6.42 Å². The molecule has 1 heterocycles. The number of aliphatic hydroxyl groups is 2. The first-order valence-corrected chi connectivity index (χ1v) is 3.73. The van der Waals surface area contributed by atoms with E-state index in [2.05, 4.69) is 0 Å². The zero-order chi connectivity index (χ0) is 8.27. The first-order valence-electron chi connectivity index (χ1n) is 3.73. The first kappa shape index (κ1) is 8.93. The third-order valence-corrected chi connectivity index (χ3v) is 1.97. The maximum Gasteiger partial charge on any atom is 0.162 e. The standard InChI is InChI=1S/C7H14O4/c1-10-7-5(2-3-8)6(9)4-11-7/h5-9H,2-4H2,1H3/t5-,6-,7+/m1/s1. The van der Waals surface area contributed by atoms with Crippen molar-refractivity contribution in [1.82, 2.24) is 0 Å². The Hall–Kier alpha value is -0.160. The van der Waals surface area contributed by atoms with Crippen LogP contribution in [0.3, 0.4) is 0 Å². The van der Waals surface area contributed by atoms with Crippen molar-refractivity contribution in [3.63, 3.8) is 0 Å². The average molecular weight is 162 g/mol. The molecule has 66 valence electrons. The van der Waals surface area contributed by atoms with Crippen LogP contribution >= 0.6 is 0 Å². The number of aliphatic hydroxyl groups excluding tert-OH is 2. The van der Waals surface area contributed by atoms with E-state index in [0.717, 1.165) is 0 Å². The summed E-state index contributed by atoms with van der Waals surface area (Å²) in [6.07, 6.45) is -0.316. The molecule has 0 radical (unpaired) electrons. The minimum absolute atomic E-state index is 0.0605. The summed E-state index contributed by atoms with van der Waals surface area (Å²) in [7, 11) is 1.53. The summed E-state index contributed by atoms with van der Waals surface area (Å²) in [5.41, 5.74) is 0. The van der Waals surface area contributed by atoms with Gasteiger partial charge in [-0.3, -0.25) is 0 Å². The van der Waals surface area contributed by atoms with E-state index >= 15 is 0 Å². The van der Waals surface area contributed by atoms with Crippen molar-refractivity contribution >= 4 is 0 Å². The summed E-state index contributed by atoms with van der Waals surface area (Å²) >= 11 is 0. The molecule has 0 unspecified atom stereocenters. The zero-order valence-corrected chi connectivity index (χ0v) is 6.56. The lowest BCUT2D eigenvalue weighted by Gasteiger charge is -2.17. The number of rotatable bonds is 3. The SMILES string of the molecule is CO[C@H]1OC[C@@H](O)[C@H]1CCO. The van der Waals surface area contributed by atoms with Crippen molar-refractivity contribution in [2.75, 3.05) is 20.3 Å². The van der Waals surface area contributed by atoms with Crippen molar-refractivity contribution in [3.05, 3.63) is 0 Å². The molecule has 4 heteroatoms. The van der Waals surface area contributed by atoms with Gasteiger partial charge in [0.25, 0.3) is 0 Å². The fraction of sp³-hybridized carbons (Fsp3) is 1.00. The topological polar surface area (TPSA) is 58.9 Å². The second kappa shape index (κ2) is 4.01. The van der Waals surface area contributed by atoms with E-state index in [9.17, 15) is 5.11 Å². The molecule has 3 atom stereocenters. The molecule has 1 rings (SSSR count). The van der Waals surface area contributed by atoms with Gasteiger partial charge in [0, 0.05) is 19.6 Å². The van der Waals surface area contributed by atoms with Crippen LogP contribution in [-0.2, 0) is 9.47 Å². The largest absolute Gasteiger partial charge is 0.396 e. The normalized spacial score (nSPS) is 37.9. The van der Waals surface area contributed by atoms with E-state index < -0.39 is 6.10 Å². The number of hydrogen-bond acceptors (Lipinski definition) is 4. The Morgan fingerprint density at radius 1 is 1.64 bits per heavy atom. The molecule has 1 aliphatic heterocycles. The highest BCUT2D eigenvalue weighted by atomic mass is 16.7. The minimum Gasteiger partial charge on any atom is -0.396 e. The summed E-state index contributed by atoms with van der Waals surface area (Å²) < 4.78 is 10.0. The van der Waals surface area contributed by atoms with Crippen LogP contribution < -0.4 is 0 Å². The van der Waals surface area contributed by atoms with Crippen molar-refractivity contribution in [1.29, 1.82) is 0 Å². The molecule has 1 fully saturated rings. The third-order valence-electron chi connectivity index (χ3n) is 1.97. The van der Waals surface area contributed by atoms with Gasteiger partial charge in [-0.1, -0.05) is 0 Å². The Labute approximate surface area is 65.7 Å². The van der Waals surface area contributed by atoms with E-state index in [1.54, 1.807) is 0 Å². The lowest BCUT2D eigenvalue weighted by Crippen LogP contribution is -2.26. The molecule has 1 aliphatic rings. The minimum atomic E-state index is -0.493. The molecule has 4 nitrogen and oxygen atoms in total. The van der Waals surface area contributed by atoms with Crippen LogP contribution in [0.5, 0.6) is 0 Å². The van der Waals surface area contributed by atoms with Crippen molar-refractivity contribution in [2.24, 2.45) is 5.92 Å². The summed E-state index contributed by atoms with van der Waals surface area (Å²) in [6.45, 7) is 0.369. The Balaban J connectivity index is 2.42. The molecule has 0 amide bonds. The van der Waals surface area contributed by atoms with Crippen LogP contribution in [0.15, 0.2) is 0 Å². The molecule has 11 heavy (non-hydrogen) atoms. The summed E-state index contributed by atoms with van der Waals surface area (Å²) in [5.74, 6) is -0.0787. The maximum absolute atomic E-state index is 9.31. The highest BCUT2D eigenvalue weighted by molar-refractivity contribution is 4.77. The number of methoxy groups -OCH3 is 1. The highest BCUT2D eigenvalue weighted by Gasteiger charge is 2.35. The summed E-state index contributed by atoms with van der Waals surface area (Å²) in [4.78, 5) is 0. The fourth-order valence-corrected chi connectivity index (χ4v) is 1.34. The van der Waals surface area contributed by atoms with Gasteiger partial charge in [-0.15, -0.1) is 0 Å². The number of hydrogen-bond donors (Lipinski definition) is 2. The molecule has 0 spiro atoms. The zero-order valence-electron chi connectivity index (χ0n) is 6.56. The van der Waals surface area contributed by atoms with Gasteiger partial charge in [0.1, 0.15) is 0 Å². The van der Waals surface area contributed by atoms with Gasteiger partial charge in [0.15, 0.2) is 6.29 Å². The second-order valence-electron chi connectivity index (χ2n) is 2.68. The number of ether oxygens (including phenoxy) is 2. The lowest BCUT2D eigenvalue weighted by atomic mass is 10.0. The highest BCUT2D eigenvalue weighted by Crippen LogP contribution is 2.24. The second-order valence-corrected chi connectivity index (χ2v) is 2.68. The molecular formula is C7H14O4. The monoisotopic (exact) mass is 162 g/mol. The van der Waals surface area contributed by atoms with E-state index in [1.165, 1.54) is 7.11 Å². The molecule has 0 aromatic rings. The van der Waals surface area contributed by atoms with E-state index in [1.807, 2.05) is 0 Å². The van der Waals surface area contributed by atoms with Gasteiger partial charge in [-0.25, -0.2) is 0 Å². The van der Waals surface area contributed by atoms with Gasteiger partial charge in [0.2, 0.25) is 0 Å². The van der Waals surface area contributed by atoms with Gasteiger partial charge in [0.05, 0.1) is 12.7 Å². The Morgan fingerprint density at radius 2 is 2.36 bits per heavy atom. The van der Waals surface area contributed by atoms with Gasteiger partial charge in [-0.05, 0) is 6.42 Å². The van der Waals surface area contributed by atoms with E-state index in [0.29, 0.717) is 13.0 Å². The maximum atomic E-state index is 9.31. The smallest absolute Gasteiger partial charge is 0.162 e. The predicted octanol–water partition coefficient (Wildman–Crippen LogP) is -0.651. The van der Waals surface area contributed by atoms with E-state index in [4.69, 9.17) is 14.6 Å². The van der Waals surface area contributed by atoms with Crippen LogP contribution in [0.25, 0.3) is 0 Å². The Bertz CT molecular complexity index is 117. The van der Waals surface area contributed by atoms with E-state index in [-0.39, 0.29) is 18.8 Å². The molecule has 0 aromatic heterocycles. The van der Waals surface area contributed by atoms with Crippen LogP contribution in [-0.4, -0.2) is 42.9 Å². The summed E-state index contributed by atoms with van der Waals surface area (Å²) in [5, 5.41) is 17.9. The van der Waals surface area contributed by atoms with Crippen molar-refractivity contribution in [3.8, 4) is 0 Å². The fourth-order valence-electron chi connectivity index (χ4n) is 1.34. The van der Waals surface area contributed by atoms with Crippen LogP contribution in [0.4, 0.5) is 0 Å². The average Bonchev–Trinajstić information content (AvgIpc) is 2.34. The first-order chi connectivity index (χ1) is 5.29. The lowest BCUT2D eigenvalue weighted by molar-refractivity contribution is -0.113. The molecule has 0 aliphatic carbocycles. The quantitative estimate of drug-likeness (QED) is 0.579. The molecule has 0 saturated carbocycles. The molecule has 0 aromatic carbocycles. The molecule has 0 bridgehead atoms. The Kier molecular flexibility index (Phi) is 3.26. The van der Waals surface area contributed by atoms with Gasteiger partial charge >= 0.3 is 0 Å². The van der Waals surface area contributed by atoms with Gasteiger partial charge in [-0.2, -0.15) is 0 Å². The summed E-state index contributed by atoms with van der Waals surface area (Å²) in [6, 6.07) is 0. The van der Waals surface area contributed by atoms with Gasteiger partial charge < -0.3 is 19.7 Å². The van der Waals surface area contributed by atoms with Crippen LogP contribution in [0, 0.1) is 5.92 Å². The predicted molar refractivity (Wildman–Crippen MR) is 37.9 cm³/mol. The third kappa shape index (κ3) is 1.90. The van der Waals surface area contributed by atoms with Crippen molar-refractivity contribution in [2.45, 2.75) is 18.8 Å². The molecule has 2 N–H and O–H groups in total. The van der Waals surface area contributed by atoms with Crippen molar-refractivity contribution < 1.29 is 19.7 Å².